The number of nitrogens with one attached hydrogen (secondary N) is 1. The van der Waals surface area contributed by atoms with E-state index in [-0.39, 0.29) is 5.91 Å². The third-order valence-corrected chi connectivity index (χ3v) is 4.93. The Balaban J connectivity index is 1.80. The van der Waals surface area contributed by atoms with Gasteiger partial charge in [-0.1, -0.05) is 30.5 Å². The van der Waals surface area contributed by atoms with Crippen LogP contribution in [0.4, 0.5) is 11.4 Å². The van der Waals surface area contributed by atoms with Crippen LogP contribution in [0.5, 0.6) is 0 Å². The molecule has 1 amide bonds. The van der Waals surface area contributed by atoms with Gasteiger partial charge in [-0.3, -0.25) is 9.78 Å². The third-order valence-electron chi connectivity index (χ3n) is 4.63. The Morgan fingerprint density at radius 2 is 1.80 bits per heavy atom. The lowest BCUT2D eigenvalue weighted by Gasteiger charge is -2.22. The summed E-state index contributed by atoms with van der Waals surface area (Å²) in [6.45, 7) is 5.98. The fourth-order valence-electron chi connectivity index (χ4n) is 3.31. The summed E-state index contributed by atoms with van der Waals surface area (Å²) in [7, 11) is 0. The third kappa shape index (κ3) is 4.31. The number of halogens is 1. The first kappa shape index (κ1) is 17.7. The molecule has 25 heavy (non-hydrogen) atoms. The zero-order valence-electron chi connectivity index (χ0n) is 14.8. The first-order valence-corrected chi connectivity index (χ1v) is 9.20. The molecule has 1 fully saturated rings. The second-order valence-corrected chi connectivity index (χ2v) is 7.13. The average Bonchev–Trinajstić information content (AvgIpc) is 2.87. The van der Waals surface area contributed by atoms with Crippen molar-refractivity contribution in [3.8, 4) is 0 Å². The van der Waals surface area contributed by atoms with Gasteiger partial charge in [0.1, 0.15) is 0 Å². The highest BCUT2D eigenvalue weighted by molar-refractivity contribution is 6.34. The van der Waals surface area contributed by atoms with Gasteiger partial charge in [-0.2, -0.15) is 0 Å². The molecule has 1 aliphatic rings. The predicted octanol–water partition coefficient (Wildman–Crippen LogP) is 4.98. The summed E-state index contributed by atoms with van der Waals surface area (Å²) in [5, 5.41) is 3.49. The molecule has 1 aromatic heterocycles. The van der Waals surface area contributed by atoms with Crippen LogP contribution in [0.25, 0.3) is 0 Å². The molecule has 0 atom stereocenters. The van der Waals surface area contributed by atoms with Gasteiger partial charge >= 0.3 is 0 Å². The lowest BCUT2D eigenvalue weighted by Crippen LogP contribution is -2.24. The summed E-state index contributed by atoms with van der Waals surface area (Å²) in [6, 6.07) is 5.79. The van der Waals surface area contributed by atoms with Gasteiger partial charge in [0.15, 0.2) is 0 Å². The van der Waals surface area contributed by atoms with Gasteiger partial charge in [0.05, 0.1) is 28.2 Å². The van der Waals surface area contributed by atoms with Crippen molar-refractivity contribution in [1.29, 1.82) is 0 Å². The van der Waals surface area contributed by atoms with Crippen molar-refractivity contribution in [1.82, 2.24) is 4.98 Å². The van der Waals surface area contributed by atoms with Crippen LogP contribution in [-0.4, -0.2) is 24.0 Å². The van der Waals surface area contributed by atoms with E-state index in [1.165, 1.54) is 25.7 Å². The number of benzene rings is 1. The minimum Gasteiger partial charge on any atom is -0.370 e. The molecule has 0 bridgehead atoms. The quantitative estimate of drug-likeness (QED) is 0.842. The van der Waals surface area contributed by atoms with Crippen molar-refractivity contribution in [2.45, 2.75) is 39.5 Å². The first-order valence-electron chi connectivity index (χ1n) is 8.82. The molecule has 0 aliphatic carbocycles. The second-order valence-electron chi connectivity index (χ2n) is 6.73. The monoisotopic (exact) mass is 357 g/mol. The van der Waals surface area contributed by atoms with Crippen molar-refractivity contribution in [3.05, 3.63) is 52.3 Å². The normalized spacial score (nSPS) is 14.9. The Hall–Kier alpha value is -2.07. The number of pyridine rings is 1. The highest BCUT2D eigenvalue weighted by Gasteiger charge is 2.15. The molecule has 1 saturated heterocycles. The maximum Gasteiger partial charge on any atom is 0.257 e. The van der Waals surface area contributed by atoms with Gasteiger partial charge in [0.2, 0.25) is 0 Å². The Morgan fingerprint density at radius 3 is 2.48 bits per heavy atom. The van der Waals surface area contributed by atoms with Crippen LogP contribution >= 0.6 is 11.6 Å². The molecule has 3 rings (SSSR count). The van der Waals surface area contributed by atoms with Gasteiger partial charge < -0.3 is 10.2 Å². The minimum atomic E-state index is -0.182. The number of nitrogens with zero attached hydrogens (tertiary/aromatic N) is 2. The van der Waals surface area contributed by atoms with Crippen LogP contribution < -0.4 is 10.2 Å². The Morgan fingerprint density at radius 1 is 1.08 bits per heavy atom. The van der Waals surface area contributed by atoms with Crippen LogP contribution in [-0.2, 0) is 0 Å². The fraction of sp³-hybridized carbons (Fsp3) is 0.400. The largest absolute Gasteiger partial charge is 0.370 e. The standard InChI is InChI=1S/C20H24ClN3O/c1-14-9-15(2)19(18(21)10-14)23-20(25)16-11-17(13-22-12-16)24-7-5-3-4-6-8-24/h9-13H,3-8H2,1-2H3,(H,23,25). The van der Waals surface area contributed by atoms with Crippen LogP contribution in [0.3, 0.4) is 0 Å². The van der Waals surface area contributed by atoms with Crippen LogP contribution in [0.1, 0.15) is 47.2 Å². The summed E-state index contributed by atoms with van der Waals surface area (Å²) in [5.74, 6) is -0.182. The zero-order valence-corrected chi connectivity index (χ0v) is 15.6. The van der Waals surface area contributed by atoms with Crippen LogP contribution in [0, 0.1) is 13.8 Å². The molecule has 132 valence electrons. The zero-order chi connectivity index (χ0) is 17.8. The Bertz CT molecular complexity index is 744. The summed E-state index contributed by atoms with van der Waals surface area (Å²) in [6.07, 6.45) is 8.37. The first-order chi connectivity index (χ1) is 12.0. The molecule has 1 N–H and O–H groups in total. The molecule has 5 heteroatoms. The average molecular weight is 358 g/mol. The van der Waals surface area contributed by atoms with E-state index in [9.17, 15) is 4.79 Å². The van der Waals surface area contributed by atoms with Crippen molar-refractivity contribution >= 4 is 28.9 Å². The van der Waals surface area contributed by atoms with Gasteiger partial charge in [-0.15, -0.1) is 0 Å². The molecule has 0 saturated carbocycles. The molecule has 0 radical (unpaired) electrons. The molecule has 1 aliphatic heterocycles. The highest BCUT2D eigenvalue weighted by Crippen LogP contribution is 2.28. The number of aryl methyl sites for hydroxylation is 2. The maximum atomic E-state index is 12.7. The van der Waals surface area contributed by atoms with Gasteiger partial charge in [-0.05, 0) is 49.9 Å². The van der Waals surface area contributed by atoms with E-state index in [4.69, 9.17) is 11.6 Å². The number of hydrogen-bond donors (Lipinski definition) is 1. The SMILES string of the molecule is Cc1cc(C)c(NC(=O)c2cncc(N3CCCCCC3)c2)c(Cl)c1. The molecule has 2 aromatic rings. The predicted molar refractivity (Wildman–Crippen MR) is 104 cm³/mol. The molecular formula is C20H24ClN3O. The van der Waals surface area contributed by atoms with Crippen molar-refractivity contribution < 1.29 is 4.79 Å². The molecule has 1 aromatic carbocycles. The number of hydrogen-bond acceptors (Lipinski definition) is 3. The van der Waals surface area contributed by atoms with Crippen molar-refractivity contribution in [2.24, 2.45) is 0 Å². The number of rotatable bonds is 3. The number of carbonyl (C=O) groups excluding carboxylic acids is 1. The molecule has 0 unspecified atom stereocenters. The van der Waals surface area contributed by atoms with Crippen molar-refractivity contribution in [2.75, 3.05) is 23.3 Å². The molecular weight excluding hydrogens is 334 g/mol. The van der Waals surface area contributed by atoms with Gasteiger partial charge in [0.25, 0.3) is 5.91 Å². The van der Waals surface area contributed by atoms with Crippen LogP contribution in [0.15, 0.2) is 30.6 Å². The highest BCUT2D eigenvalue weighted by atomic mass is 35.5. The second kappa shape index (κ2) is 7.87. The smallest absolute Gasteiger partial charge is 0.257 e. The summed E-state index contributed by atoms with van der Waals surface area (Å²) in [5.41, 5.74) is 4.26. The summed E-state index contributed by atoms with van der Waals surface area (Å²) >= 11 is 6.30. The number of aromatic nitrogens is 1. The lowest BCUT2D eigenvalue weighted by atomic mass is 10.1. The van der Waals surface area contributed by atoms with E-state index >= 15 is 0 Å². The van der Waals surface area contributed by atoms with Crippen LogP contribution in [0.2, 0.25) is 5.02 Å². The Labute approximate surface area is 154 Å². The van der Waals surface area contributed by atoms with E-state index in [0.29, 0.717) is 16.3 Å². The fourth-order valence-corrected chi connectivity index (χ4v) is 3.68. The van der Waals surface area contributed by atoms with E-state index in [0.717, 1.165) is 29.9 Å². The molecule has 0 spiro atoms. The number of amides is 1. The minimum absolute atomic E-state index is 0.182. The van der Waals surface area contributed by atoms with E-state index in [1.54, 1.807) is 6.20 Å². The topological polar surface area (TPSA) is 45.2 Å². The molecule has 4 nitrogen and oxygen atoms in total. The maximum absolute atomic E-state index is 12.7. The van der Waals surface area contributed by atoms with E-state index in [1.807, 2.05) is 38.2 Å². The lowest BCUT2D eigenvalue weighted by molar-refractivity contribution is 0.102. The van der Waals surface area contributed by atoms with Gasteiger partial charge in [0, 0.05) is 19.3 Å². The Kier molecular flexibility index (Phi) is 5.59. The van der Waals surface area contributed by atoms with E-state index in [2.05, 4.69) is 15.2 Å². The van der Waals surface area contributed by atoms with E-state index < -0.39 is 0 Å². The van der Waals surface area contributed by atoms with Crippen molar-refractivity contribution in [3.63, 3.8) is 0 Å². The number of carbonyl (C=O) groups is 1. The summed E-state index contributed by atoms with van der Waals surface area (Å²) < 4.78 is 0. The van der Waals surface area contributed by atoms with Gasteiger partial charge in [-0.25, -0.2) is 0 Å². The number of anilines is 2. The summed E-state index contributed by atoms with van der Waals surface area (Å²) in [4.78, 5) is 19.3. The molecule has 2 heterocycles.